The van der Waals surface area contributed by atoms with Gasteiger partial charge in [0, 0.05) is 6.04 Å². The molecule has 20 heavy (non-hydrogen) atoms. The first-order valence-corrected chi connectivity index (χ1v) is 9.58. The number of rotatable bonds is 3. The zero-order chi connectivity index (χ0) is 13.5. The molecule has 4 aliphatic carbocycles. The van der Waals surface area contributed by atoms with Crippen LogP contribution in [0.3, 0.4) is 0 Å². The molecule has 0 aromatic heterocycles. The summed E-state index contributed by atoms with van der Waals surface area (Å²) >= 11 is 0. The van der Waals surface area contributed by atoms with Crippen molar-refractivity contribution in [2.24, 2.45) is 41.2 Å². The van der Waals surface area contributed by atoms with E-state index >= 15 is 0 Å². The molecule has 4 fully saturated rings. The van der Waals surface area contributed by atoms with Gasteiger partial charge in [0.1, 0.15) is 0 Å². The second kappa shape index (κ2) is 5.63. The van der Waals surface area contributed by atoms with Gasteiger partial charge in [0.15, 0.2) is 0 Å². The average Bonchev–Trinajstić information content (AvgIpc) is 2.35. The SMILES string of the molecule is NC1CCC(C2CCC2)C(C2CCC2)C(C2CCC2)C1. The van der Waals surface area contributed by atoms with E-state index in [2.05, 4.69) is 0 Å². The fraction of sp³-hybridized carbons (Fsp3) is 1.00. The van der Waals surface area contributed by atoms with Crippen LogP contribution >= 0.6 is 0 Å². The van der Waals surface area contributed by atoms with E-state index in [-0.39, 0.29) is 0 Å². The minimum absolute atomic E-state index is 0.522. The Hall–Kier alpha value is -0.0400. The lowest BCUT2D eigenvalue weighted by molar-refractivity contribution is -0.00712. The molecule has 2 N–H and O–H groups in total. The lowest BCUT2D eigenvalue weighted by atomic mass is 9.55. The highest BCUT2D eigenvalue weighted by atomic mass is 14.7. The molecular formula is C19H33N. The number of nitrogens with two attached hydrogens (primary N) is 1. The van der Waals surface area contributed by atoms with Crippen LogP contribution in [0.4, 0.5) is 0 Å². The second-order valence-electron chi connectivity index (χ2n) is 8.55. The molecule has 0 bridgehead atoms. The van der Waals surface area contributed by atoms with Crippen LogP contribution in [0.25, 0.3) is 0 Å². The third-order valence-corrected chi connectivity index (χ3v) is 7.64. The highest BCUT2D eigenvalue weighted by molar-refractivity contribution is 4.98. The van der Waals surface area contributed by atoms with E-state index in [4.69, 9.17) is 5.73 Å². The number of hydrogen-bond acceptors (Lipinski definition) is 1. The lowest BCUT2D eigenvalue weighted by Crippen LogP contribution is -2.42. The zero-order valence-electron chi connectivity index (χ0n) is 13.1. The molecule has 0 aliphatic heterocycles. The Balaban J connectivity index is 1.58. The smallest absolute Gasteiger partial charge is 0.00417 e. The predicted octanol–water partition coefficient (Wildman–Crippen LogP) is 4.75. The minimum Gasteiger partial charge on any atom is -0.328 e. The van der Waals surface area contributed by atoms with Crippen LogP contribution in [0.1, 0.15) is 77.0 Å². The van der Waals surface area contributed by atoms with Crippen LogP contribution in [-0.2, 0) is 0 Å². The van der Waals surface area contributed by atoms with Crippen LogP contribution in [-0.4, -0.2) is 6.04 Å². The Kier molecular flexibility index (Phi) is 3.83. The molecular weight excluding hydrogens is 242 g/mol. The molecule has 4 atom stereocenters. The van der Waals surface area contributed by atoms with Crippen molar-refractivity contribution in [1.82, 2.24) is 0 Å². The summed E-state index contributed by atoms with van der Waals surface area (Å²) in [6.07, 6.45) is 17.9. The van der Waals surface area contributed by atoms with Crippen LogP contribution in [0.5, 0.6) is 0 Å². The van der Waals surface area contributed by atoms with E-state index < -0.39 is 0 Å². The summed E-state index contributed by atoms with van der Waals surface area (Å²) in [6, 6.07) is 0.522. The van der Waals surface area contributed by atoms with Crippen molar-refractivity contribution < 1.29 is 0 Å². The van der Waals surface area contributed by atoms with Crippen molar-refractivity contribution >= 4 is 0 Å². The van der Waals surface area contributed by atoms with Crippen molar-refractivity contribution in [2.75, 3.05) is 0 Å². The van der Waals surface area contributed by atoms with Crippen LogP contribution in [0.2, 0.25) is 0 Å². The quantitative estimate of drug-likeness (QED) is 0.739. The predicted molar refractivity (Wildman–Crippen MR) is 84.3 cm³/mol. The van der Waals surface area contributed by atoms with Crippen LogP contribution in [0.15, 0.2) is 0 Å². The molecule has 0 saturated heterocycles. The standard InChI is InChI=1S/C19H33N/c20-16-10-11-17(13-4-1-5-13)19(15-8-3-9-15)18(12-16)14-6-2-7-14/h13-19H,1-12,20H2. The van der Waals surface area contributed by atoms with Gasteiger partial charge in [-0.05, 0) is 54.8 Å². The topological polar surface area (TPSA) is 26.0 Å². The third kappa shape index (κ3) is 2.34. The fourth-order valence-electron chi connectivity index (χ4n) is 5.86. The van der Waals surface area contributed by atoms with Crippen molar-refractivity contribution in [3.05, 3.63) is 0 Å². The first-order chi connectivity index (χ1) is 9.83. The molecule has 0 amide bonds. The highest BCUT2D eigenvalue weighted by Crippen LogP contribution is 2.55. The molecule has 114 valence electrons. The van der Waals surface area contributed by atoms with Crippen LogP contribution in [0, 0.1) is 35.5 Å². The molecule has 1 nitrogen and oxygen atoms in total. The van der Waals surface area contributed by atoms with Gasteiger partial charge in [-0.2, -0.15) is 0 Å². The van der Waals surface area contributed by atoms with E-state index in [0.717, 1.165) is 35.5 Å². The Morgan fingerprint density at radius 2 is 1.10 bits per heavy atom. The Morgan fingerprint density at radius 1 is 0.550 bits per heavy atom. The molecule has 4 aliphatic rings. The zero-order valence-corrected chi connectivity index (χ0v) is 13.1. The molecule has 0 spiro atoms. The minimum atomic E-state index is 0.522. The first kappa shape index (κ1) is 13.6. The van der Waals surface area contributed by atoms with Gasteiger partial charge in [0.25, 0.3) is 0 Å². The van der Waals surface area contributed by atoms with Gasteiger partial charge in [-0.3, -0.25) is 0 Å². The highest BCUT2D eigenvalue weighted by Gasteiger charge is 2.47. The summed E-state index contributed by atoms with van der Waals surface area (Å²) in [5.41, 5.74) is 6.49. The van der Waals surface area contributed by atoms with E-state index in [9.17, 15) is 0 Å². The summed E-state index contributed by atoms with van der Waals surface area (Å²) in [5.74, 6) is 6.40. The molecule has 0 aromatic rings. The molecule has 4 unspecified atom stereocenters. The monoisotopic (exact) mass is 275 g/mol. The van der Waals surface area contributed by atoms with Gasteiger partial charge in [0.05, 0.1) is 0 Å². The molecule has 0 radical (unpaired) electrons. The van der Waals surface area contributed by atoms with Gasteiger partial charge >= 0.3 is 0 Å². The normalized spacial score (nSPS) is 44.2. The summed E-state index contributed by atoms with van der Waals surface area (Å²) in [5, 5.41) is 0. The second-order valence-corrected chi connectivity index (χ2v) is 8.55. The third-order valence-electron chi connectivity index (χ3n) is 7.64. The Morgan fingerprint density at radius 3 is 1.60 bits per heavy atom. The van der Waals surface area contributed by atoms with E-state index in [1.165, 1.54) is 51.4 Å². The van der Waals surface area contributed by atoms with Crippen molar-refractivity contribution in [2.45, 2.75) is 83.1 Å². The maximum atomic E-state index is 6.49. The van der Waals surface area contributed by atoms with Gasteiger partial charge in [0.2, 0.25) is 0 Å². The van der Waals surface area contributed by atoms with Crippen LogP contribution < -0.4 is 5.73 Å². The van der Waals surface area contributed by atoms with Gasteiger partial charge in [-0.25, -0.2) is 0 Å². The van der Waals surface area contributed by atoms with E-state index in [0.29, 0.717) is 6.04 Å². The molecule has 1 heteroatoms. The first-order valence-electron chi connectivity index (χ1n) is 9.58. The molecule has 0 aromatic carbocycles. The largest absolute Gasteiger partial charge is 0.328 e. The maximum Gasteiger partial charge on any atom is 0.00417 e. The fourth-order valence-corrected chi connectivity index (χ4v) is 5.86. The summed E-state index contributed by atoms with van der Waals surface area (Å²) in [6.45, 7) is 0. The maximum absolute atomic E-state index is 6.49. The number of hydrogen-bond donors (Lipinski definition) is 1. The summed E-state index contributed by atoms with van der Waals surface area (Å²) in [7, 11) is 0. The Bertz CT molecular complexity index is 327. The molecule has 4 rings (SSSR count). The average molecular weight is 275 g/mol. The van der Waals surface area contributed by atoms with Crippen molar-refractivity contribution in [3.63, 3.8) is 0 Å². The van der Waals surface area contributed by atoms with Gasteiger partial charge in [-0.1, -0.05) is 57.8 Å². The van der Waals surface area contributed by atoms with Crippen molar-refractivity contribution in [3.8, 4) is 0 Å². The Labute approximate surface area is 125 Å². The molecule has 4 saturated carbocycles. The van der Waals surface area contributed by atoms with E-state index in [1.54, 1.807) is 25.7 Å². The van der Waals surface area contributed by atoms with E-state index in [1.807, 2.05) is 0 Å². The van der Waals surface area contributed by atoms with Crippen molar-refractivity contribution in [1.29, 1.82) is 0 Å². The molecule has 0 heterocycles. The van der Waals surface area contributed by atoms with Gasteiger partial charge < -0.3 is 5.73 Å². The lowest BCUT2D eigenvalue weighted by Gasteiger charge is -2.50. The summed E-state index contributed by atoms with van der Waals surface area (Å²) < 4.78 is 0. The summed E-state index contributed by atoms with van der Waals surface area (Å²) in [4.78, 5) is 0. The van der Waals surface area contributed by atoms with Gasteiger partial charge in [-0.15, -0.1) is 0 Å².